The molecule has 2 rings (SSSR count). The van der Waals surface area contributed by atoms with E-state index in [-0.39, 0.29) is 5.69 Å². The van der Waals surface area contributed by atoms with E-state index in [4.69, 9.17) is 12.2 Å². The third-order valence-electron chi connectivity index (χ3n) is 2.01. The molecule has 0 radical (unpaired) electrons. The highest BCUT2D eigenvalue weighted by molar-refractivity contribution is 7.71. The number of aromatic nitrogens is 6. The molecular weight excluding hydrogens is 216 g/mol. The molecule has 80 valence electrons. The van der Waals surface area contributed by atoms with Crippen LogP contribution in [0, 0.1) is 4.77 Å². The van der Waals surface area contributed by atoms with E-state index < -0.39 is 0 Å². The normalized spacial score (nSPS) is 10.7. The van der Waals surface area contributed by atoms with Gasteiger partial charge in [0.1, 0.15) is 0 Å². The number of hydrogen-bond acceptors (Lipinski definition) is 4. The molecule has 0 saturated heterocycles. The van der Waals surface area contributed by atoms with Crippen molar-refractivity contribution in [3.8, 4) is 0 Å². The Morgan fingerprint density at radius 1 is 1.40 bits per heavy atom. The van der Waals surface area contributed by atoms with Gasteiger partial charge in [0.2, 0.25) is 0 Å². The first kappa shape index (κ1) is 9.84. The predicted octanol–water partition coefficient (Wildman–Crippen LogP) is -0.0842. The Morgan fingerprint density at radius 3 is 2.87 bits per heavy atom. The molecule has 0 aliphatic rings. The Labute approximate surface area is 89.7 Å². The fraction of sp³-hybridized carbons (Fsp3) is 0.429. The maximum Gasteiger partial charge on any atom is 0.342 e. The average Bonchev–Trinajstić information content (AvgIpc) is 2.82. The lowest BCUT2D eigenvalue weighted by molar-refractivity contribution is 0.506. The van der Waals surface area contributed by atoms with Gasteiger partial charge in [-0.1, -0.05) is 5.21 Å². The first-order chi connectivity index (χ1) is 7.27. The zero-order valence-corrected chi connectivity index (χ0v) is 8.70. The minimum Gasteiger partial charge on any atom is -0.272 e. The summed E-state index contributed by atoms with van der Waals surface area (Å²) in [6, 6.07) is 0. The molecule has 0 aliphatic carbocycles. The molecule has 7 nitrogen and oxygen atoms in total. The van der Waals surface area contributed by atoms with Gasteiger partial charge in [-0.25, -0.2) is 9.89 Å². The first-order valence-corrected chi connectivity index (χ1v) is 4.90. The van der Waals surface area contributed by atoms with Gasteiger partial charge in [-0.15, -0.1) is 5.10 Å². The van der Waals surface area contributed by atoms with Crippen LogP contribution in [0.5, 0.6) is 0 Å². The maximum atomic E-state index is 11.2. The zero-order valence-electron chi connectivity index (χ0n) is 7.88. The largest absolute Gasteiger partial charge is 0.342 e. The molecule has 2 aromatic heterocycles. The number of aryl methyl sites for hydroxylation is 1. The van der Waals surface area contributed by atoms with Gasteiger partial charge >= 0.3 is 5.69 Å². The summed E-state index contributed by atoms with van der Waals surface area (Å²) in [7, 11) is 0. The first-order valence-electron chi connectivity index (χ1n) is 4.49. The van der Waals surface area contributed by atoms with Crippen molar-refractivity contribution in [1.29, 1.82) is 0 Å². The van der Waals surface area contributed by atoms with Gasteiger partial charge < -0.3 is 0 Å². The average molecular weight is 226 g/mol. The molecule has 0 spiro atoms. The van der Waals surface area contributed by atoms with Gasteiger partial charge in [-0.3, -0.25) is 14.3 Å². The predicted molar refractivity (Wildman–Crippen MR) is 54.9 cm³/mol. The minimum absolute atomic E-state index is 0.210. The highest BCUT2D eigenvalue weighted by Crippen LogP contribution is 1.91. The molecule has 2 N–H and O–H groups in total. The Bertz CT molecular complexity index is 493. The molecule has 15 heavy (non-hydrogen) atoms. The van der Waals surface area contributed by atoms with Crippen LogP contribution < -0.4 is 5.69 Å². The van der Waals surface area contributed by atoms with Crippen molar-refractivity contribution in [3.05, 3.63) is 27.6 Å². The molecule has 2 aromatic rings. The SMILES string of the molecule is O=c1[nH][nH]c(=S)n1CCCn1ccnn1. The van der Waals surface area contributed by atoms with E-state index in [1.807, 2.05) is 0 Å². The summed E-state index contributed by atoms with van der Waals surface area (Å²) in [5, 5.41) is 12.5. The summed E-state index contributed by atoms with van der Waals surface area (Å²) >= 11 is 4.93. The lowest BCUT2D eigenvalue weighted by atomic mass is 10.4. The van der Waals surface area contributed by atoms with Crippen LogP contribution in [0.25, 0.3) is 0 Å². The molecular formula is C7H10N6OS. The Hall–Kier alpha value is -1.70. The topological polar surface area (TPSA) is 84.3 Å². The van der Waals surface area contributed by atoms with Crippen LogP contribution in [0.2, 0.25) is 0 Å². The van der Waals surface area contributed by atoms with E-state index in [1.165, 1.54) is 4.57 Å². The van der Waals surface area contributed by atoms with E-state index in [2.05, 4.69) is 20.5 Å². The van der Waals surface area contributed by atoms with Crippen LogP contribution in [0.1, 0.15) is 6.42 Å². The molecule has 0 saturated carbocycles. The fourth-order valence-corrected chi connectivity index (χ4v) is 1.51. The van der Waals surface area contributed by atoms with Crippen LogP contribution >= 0.6 is 12.2 Å². The third kappa shape index (κ3) is 2.21. The lowest BCUT2D eigenvalue weighted by Crippen LogP contribution is -2.18. The highest BCUT2D eigenvalue weighted by Gasteiger charge is 1.99. The van der Waals surface area contributed by atoms with Crippen LogP contribution in [0.15, 0.2) is 17.2 Å². The molecule has 0 aliphatic heterocycles. The number of H-pyrrole nitrogens is 2. The van der Waals surface area contributed by atoms with Crippen molar-refractivity contribution < 1.29 is 0 Å². The van der Waals surface area contributed by atoms with Gasteiger partial charge in [0.25, 0.3) is 0 Å². The summed E-state index contributed by atoms with van der Waals surface area (Å²) < 4.78 is 3.61. The molecule has 0 amide bonds. The standard InChI is InChI=1S/C7H10N6OS/c14-6-9-10-7(15)13(6)4-1-3-12-5-2-8-11-12/h2,5H,1,3-4H2,(H,9,14)(H,10,15). The number of aromatic amines is 2. The molecule has 8 heteroatoms. The third-order valence-corrected chi connectivity index (χ3v) is 2.33. The van der Waals surface area contributed by atoms with Gasteiger partial charge in [-0.2, -0.15) is 0 Å². The molecule has 0 fully saturated rings. The van der Waals surface area contributed by atoms with Crippen molar-refractivity contribution in [2.24, 2.45) is 0 Å². The second-order valence-electron chi connectivity index (χ2n) is 3.03. The van der Waals surface area contributed by atoms with E-state index in [0.29, 0.717) is 17.9 Å². The Kier molecular flexibility index (Phi) is 2.77. The monoisotopic (exact) mass is 226 g/mol. The molecule has 0 atom stereocenters. The smallest absolute Gasteiger partial charge is 0.272 e. The summed E-state index contributed by atoms with van der Waals surface area (Å²) in [6.07, 6.45) is 4.17. The van der Waals surface area contributed by atoms with Crippen LogP contribution in [0.4, 0.5) is 0 Å². The molecule has 0 unspecified atom stereocenters. The second-order valence-corrected chi connectivity index (χ2v) is 3.42. The van der Waals surface area contributed by atoms with Crippen molar-refractivity contribution in [2.45, 2.75) is 19.5 Å². The molecule has 0 aromatic carbocycles. The summed E-state index contributed by atoms with van der Waals surface area (Å²) in [5.74, 6) is 0. The van der Waals surface area contributed by atoms with Crippen molar-refractivity contribution in [1.82, 2.24) is 29.8 Å². The van der Waals surface area contributed by atoms with E-state index >= 15 is 0 Å². The molecule has 2 heterocycles. The van der Waals surface area contributed by atoms with Crippen LogP contribution in [0.3, 0.4) is 0 Å². The van der Waals surface area contributed by atoms with Gasteiger partial charge in [-0.05, 0) is 18.6 Å². The van der Waals surface area contributed by atoms with E-state index in [9.17, 15) is 4.79 Å². The van der Waals surface area contributed by atoms with Gasteiger partial charge in [0.05, 0.1) is 6.20 Å². The highest BCUT2D eigenvalue weighted by atomic mass is 32.1. The van der Waals surface area contributed by atoms with Crippen molar-refractivity contribution >= 4 is 12.2 Å². The molecule has 0 bridgehead atoms. The second kappa shape index (κ2) is 4.22. The van der Waals surface area contributed by atoms with Crippen molar-refractivity contribution in [2.75, 3.05) is 0 Å². The maximum absolute atomic E-state index is 11.2. The van der Waals surface area contributed by atoms with Crippen molar-refractivity contribution in [3.63, 3.8) is 0 Å². The number of nitrogens with one attached hydrogen (secondary N) is 2. The van der Waals surface area contributed by atoms with Crippen LogP contribution in [-0.4, -0.2) is 29.8 Å². The number of hydrogen-bond donors (Lipinski definition) is 2. The summed E-state index contributed by atoms with van der Waals surface area (Å²) in [4.78, 5) is 11.2. The number of rotatable bonds is 4. The summed E-state index contributed by atoms with van der Waals surface area (Å²) in [6.45, 7) is 1.28. The lowest BCUT2D eigenvalue weighted by Gasteiger charge is -2.00. The fourth-order valence-electron chi connectivity index (χ4n) is 1.28. The Balaban J connectivity index is 1.94. The number of nitrogens with zero attached hydrogens (tertiary/aromatic N) is 4. The summed E-state index contributed by atoms with van der Waals surface area (Å²) in [5.41, 5.74) is -0.210. The quantitative estimate of drug-likeness (QED) is 0.714. The van der Waals surface area contributed by atoms with E-state index in [1.54, 1.807) is 17.1 Å². The minimum atomic E-state index is -0.210. The van der Waals surface area contributed by atoms with Crippen LogP contribution in [-0.2, 0) is 13.1 Å². The van der Waals surface area contributed by atoms with E-state index in [0.717, 1.165) is 6.42 Å². The van der Waals surface area contributed by atoms with Gasteiger partial charge in [0, 0.05) is 19.3 Å². The Morgan fingerprint density at radius 2 is 2.27 bits per heavy atom. The zero-order chi connectivity index (χ0) is 10.7. The van der Waals surface area contributed by atoms with Gasteiger partial charge in [0.15, 0.2) is 4.77 Å².